The predicted molar refractivity (Wildman–Crippen MR) is 84.1 cm³/mol. The molecule has 1 aromatic rings. The summed E-state index contributed by atoms with van der Waals surface area (Å²) in [5, 5.41) is 10.9. The number of likely N-dealkylation sites (tertiary alicyclic amines) is 1. The van der Waals surface area contributed by atoms with Crippen LogP contribution in [-0.4, -0.2) is 40.8 Å². The largest absolute Gasteiger partial charge is 0.342 e. The zero-order valence-corrected chi connectivity index (χ0v) is 13.2. The number of carbonyl (C=O) groups is 2. The molecule has 2 aliphatic heterocycles. The van der Waals surface area contributed by atoms with E-state index < -0.39 is 4.92 Å². The van der Waals surface area contributed by atoms with Gasteiger partial charge in [-0.25, -0.2) is 0 Å². The Morgan fingerprint density at radius 3 is 2.74 bits per heavy atom. The average Bonchev–Trinajstić information content (AvgIpc) is 3.04. The minimum Gasteiger partial charge on any atom is -0.342 e. The van der Waals surface area contributed by atoms with E-state index >= 15 is 0 Å². The molecular formula is C16H19N3O4. The number of amides is 2. The third-order valence-corrected chi connectivity index (χ3v) is 4.67. The minimum atomic E-state index is -0.426. The highest BCUT2D eigenvalue weighted by atomic mass is 16.6. The van der Waals surface area contributed by atoms with Gasteiger partial charge in [0, 0.05) is 43.4 Å². The lowest BCUT2D eigenvalue weighted by Crippen LogP contribution is -2.41. The molecule has 23 heavy (non-hydrogen) atoms. The molecular weight excluding hydrogens is 298 g/mol. The first kappa shape index (κ1) is 15.5. The fourth-order valence-electron chi connectivity index (χ4n) is 3.51. The first-order valence-electron chi connectivity index (χ1n) is 7.80. The number of carbonyl (C=O) groups excluding carboxylic acids is 2. The topological polar surface area (TPSA) is 83.8 Å². The van der Waals surface area contributed by atoms with E-state index in [0.717, 1.165) is 11.3 Å². The van der Waals surface area contributed by atoms with Crippen LogP contribution in [0.2, 0.25) is 0 Å². The van der Waals surface area contributed by atoms with Gasteiger partial charge in [0.25, 0.3) is 5.69 Å². The summed E-state index contributed by atoms with van der Waals surface area (Å²) < 4.78 is 0. The standard InChI is InChI=1S/C16H19N3O4/c1-3-17-9-12(8-15(17)20)16(21)18-10(2)6-11-7-13(19(22)23)4-5-14(11)18/h4-5,7,10,12H,3,6,8-9H2,1-2H3/t10-,12+/m1/s1. The Labute approximate surface area is 134 Å². The normalized spacial score (nSPS) is 23.3. The van der Waals surface area contributed by atoms with Crippen molar-refractivity contribution in [1.82, 2.24) is 4.90 Å². The van der Waals surface area contributed by atoms with Crippen molar-refractivity contribution in [3.8, 4) is 0 Å². The summed E-state index contributed by atoms with van der Waals surface area (Å²) in [4.78, 5) is 38.6. The summed E-state index contributed by atoms with van der Waals surface area (Å²) in [6.07, 6.45) is 0.846. The monoisotopic (exact) mass is 317 g/mol. The maximum Gasteiger partial charge on any atom is 0.269 e. The molecule has 1 aromatic carbocycles. The van der Waals surface area contributed by atoms with Gasteiger partial charge >= 0.3 is 0 Å². The average molecular weight is 317 g/mol. The molecule has 2 aliphatic rings. The fourth-order valence-corrected chi connectivity index (χ4v) is 3.51. The molecule has 0 aliphatic carbocycles. The van der Waals surface area contributed by atoms with Crippen molar-refractivity contribution in [3.63, 3.8) is 0 Å². The van der Waals surface area contributed by atoms with E-state index in [1.165, 1.54) is 12.1 Å². The van der Waals surface area contributed by atoms with Crippen molar-refractivity contribution < 1.29 is 14.5 Å². The Morgan fingerprint density at radius 2 is 2.13 bits per heavy atom. The van der Waals surface area contributed by atoms with Crippen LogP contribution in [0.15, 0.2) is 18.2 Å². The summed E-state index contributed by atoms with van der Waals surface area (Å²) in [6, 6.07) is 4.56. The fraction of sp³-hybridized carbons (Fsp3) is 0.500. The molecule has 0 saturated carbocycles. The molecule has 1 saturated heterocycles. The van der Waals surface area contributed by atoms with Crippen LogP contribution in [0.25, 0.3) is 0 Å². The van der Waals surface area contributed by atoms with Crippen molar-refractivity contribution >= 4 is 23.2 Å². The second-order valence-corrected chi connectivity index (χ2v) is 6.16. The number of fused-ring (bicyclic) bond motifs is 1. The molecule has 1 fully saturated rings. The van der Waals surface area contributed by atoms with Gasteiger partial charge in [0.05, 0.1) is 10.8 Å². The van der Waals surface area contributed by atoms with Crippen molar-refractivity contribution in [2.24, 2.45) is 5.92 Å². The number of non-ortho nitro benzene ring substituents is 1. The number of rotatable bonds is 3. The van der Waals surface area contributed by atoms with Crippen LogP contribution in [0, 0.1) is 16.0 Å². The maximum absolute atomic E-state index is 12.9. The van der Waals surface area contributed by atoms with E-state index in [-0.39, 0.29) is 35.9 Å². The third kappa shape index (κ3) is 2.56. The van der Waals surface area contributed by atoms with Crippen LogP contribution in [0.3, 0.4) is 0 Å². The van der Waals surface area contributed by atoms with Crippen LogP contribution < -0.4 is 4.90 Å². The number of nitro groups is 1. The number of anilines is 1. The summed E-state index contributed by atoms with van der Waals surface area (Å²) in [5.41, 5.74) is 1.59. The SMILES string of the molecule is CCN1C[C@@H](C(=O)N2c3ccc([N+](=O)[O-])cc3C[C@H]2C)CC1=O. The van der Waals surface area contributed by atoms with Crippen molar-refractivity contribution in [3.05, 3.63) is 33.9 Å². The summed E-state index contributed by atoms with van der Waals surface area (Å²) in [5.74, 6) is -0.373. The van der Waals surface area contributed by atoms with Crippen LogP contribution >= 0.6 is 0 Å². The van der Waals surface area contributed by atoms with E-state index in [1.807, 2.05) is 13.8 Å². The molecule has 0 radical (unpaired) electrons. The third-order valence-electron chi connectivity index (χ3n) is 4.67. The lowest BCUT2D eigenvalue weighted by molar-refractivity contribution is -0.384. The quantitative estimate of drug-likeness (QED) is 0.628. The lowest BCUT2D eigenvalue weighted by atomic mass is 10.1. The Balaban J connectivity index is 1.86. The van der Waals surface area contributed by atoms with Gasteiger partial charge in [0.2, 0.25) is 11.8 Å². The van der Waals surface area contributed by atoms with Crippen LogP contribution in [-0.2, 0) is 16.0 Å². The van der Waals surface area contributed by atoms with Gasteiger partial charge in [-0.3, -0.25) is 19.7 Å². The van der Waals surface area contributed by atoms with Crippen molar-refractivity contribution in [1.29, 1.82) is 0 Å². The molecule has 2 amide bonds. The molecule has 0 bridgehead atoms. The Hall–Kier alpha value is -2.44. The van der Waals surface area contributed by atoms with E-state index in [1.54, 1.807) is 15.9 Å². The second kappa shape index (κ2) is 5.64. The number of benzene rings is 1. The van der Waals surface area contributed by atoms with E-state index in [9.17, 15) is 19.7 Å². The van der Waals surface area contributed by atoms with Gasteiger partial charge in [-0.1, -0.05) is 0 Å². The Morgan fingerprint density at radius 1 is 1.39 bits per heavy atom. The van der Waals surface area contributed by atoms with E-state index in [0.29, 0.717) is 19.5 Å². The molecule has 3 rings (SSSR count). The second-order valence-electron chi connectivity index (χ2n) is 6.16. The summed E-state index contributed by atoms with van der Waals surface area (Å²) >= 11 is 0. The first-order valence-corrected chi connectivity index (χ1v) is 7.80. The molecule has 2 atom stereocenters. The van der Waals surface area contributed by atoms with Gasteiger partial charge in [0.1, 0.15) is 0 Å². The number of hydrogen-bond acceptors (Lipinski definition) is 4. The zero-order valence-electron chi connectivity index (χ0n) is 13.2. The molecule has 2 heterocycles. The van der Waals surface area contributed by atoms with Gasteiger partial charge in [-0.05, 0) is 31.9 Å². The highest BCUT2D eigenvalue weighted by molar-refractivity contribution is 6.01. The molecule has 0 aromatic heterocycles. The first-order chi connectivity index (χ1) is 10.9. The predicted octanol–water partition coefficient (Wildman–Crippen LogP) is 1.74. The number of nitrogens with zero attached hydrogens (tertiary/aromatic N) is 3. The molecule has 0 unspecified atom stereocenters. The van der Waals surface area contributed by atoms with Crippen molar-refractivity contribution in [2.45, 2.75) is 32.7 Å². The van der Waals surface area contributed by atoms with E-state index in [2.05, 4.69) is 0 Å². The molecule has 122 valence electrons. The zero-order chi connectivity index (χ0) is 16.7. The van der Waals surface area contributed by atoms with E-state index in [4.69, 9.17) is 0 Å². The van der Waals surface area contributed by atoms with Crippen LogP contribution in [0.1, 0.15) is 25.8 Å². The van der Waals surface area contributed by atoms with Crippen LogP contribution in [0.5, 0.6) is 0 Å². The summed E-state index contributed by atoms with van der Waals surface area (Å²) in [6.45, 7) is 4.90. The van der Waals surface area contributed by atoms with Gasteiger partial charge < -0.3 is 9.80 Å². The molecule has 0 spiro atoms. The van der Waals surface area contributed by atoms with Gasteiger partial charge in [-0.2, -0.15) is 0 Å². The lowest BCUT2D eigenvalue weighted by Gasteiger charge is -2.25. The Kier molecular flexibility index (Phi) is 3.79. The highest BCUT2D eigenvalue weighted by Crippen LogP contribution is 2.36. The highest BCUT2D eigenvalue weighted by Gasteiger charge is 2.40. The Bertz CT molecular complexity index is 688. The van der Waals surface area contributed by atoms with Crippen molar-refractivity contribution in [2.75, 3.05) is 18.0 Å². The minimum absolute atomic E-state index is 0.0154. The molecule has 0 N–H and O–H groups in total. The van der Waals surface area contributed by atoms with Crippen LogP contribution in [0.4, 0.5) is 11.4 Å². The number of nitro benzene ring substituents is 1. The smallest absolute Gasteiger partial charge is 0.269 e. The van der Waals surface area contributed by atoms with Gasteiger partial charge in [0.15, 0.2) is 0 Å². The summed E-state index contributed by atoms with van der Waals surface area (Å²) in [7, 11) is 0. The maximum atomic E-state index is 12.9. The number of hydrogen-bond donors (Lipinski definition) is 0. The molecule has 7 nitrogen and oxygen atoms in total. The molecule has 7 heteroatoms. The van der Waals surface area contributed by atoms with Gasteiger partial charge in [-0.15, -0.1) is 0 Å².